The van der Waals surface area contributed by atoms with Crippen molar-refractivity contribution in [2.24, 2.45) is 0 Å². The first-order valence-corrected chi connectivity index (χ1v) is 16.8. The Labute approximate surface area is 311 Å². The number of nitrogens with zero attached hydrogens (tertiary/aromatic N) is 1. The van der Waals surface area contributed by atoms with E-state index in [2.05, 4.69) is 5.32 Å². The zero-order chi connectivity index (χ0) is 38.1. The quantitative estimate of drug-likeness (QED) is 0.0730. The van der Waals surface area contributed by atoms with Gasteiger partial charge in [0.15, 0.2) is 0 Å². The molecule has 0 aromatic heterocycles. The van der Waals surface area contributed by atoms with Crippen LogP contribution in [-0.4, -0.2) is 133 Å². The number of hydrogen-bond acceptors (Lipinski definition) is 7. The molecule has 292 valence electrons. The maximum atomic E-state index is 13.3. The van der Waals surface area contributed by atoms with Gasteiger partial charge in [-0.25, -0.2) is 17.2 Å². The minimum absolute atomic E-state index is 0. The van der Waals surface area contributed by atoms with Crippen molar-refractivity contribution in [3.63, 3.8) is 0 Å². The minimum Gasteiger partial charge on any atom is -1.00 e. The standard InChI is InChI=1S/C12H18F7NO4S2.C11H19F7NOS.ClH.Na/c1-9(2,7-26(22,23)24)20-8(21)3-5-25-6-4-10(13,11(14,15)16)12(17,18)19;1-19(2,3)6-8(20)7-21-5-4-9(12,10(13,14)15)11(16,17)18;;/h3-7H2,1-2H3,(H,20,21)(H,22,23,24);8,20H,4-7H2,1-3H3;1H;/q;+1;;+1/p-2. The van der Waals surface area contributed by atoms with Crippen molar-refractivity contribution in [2.75, 3.05) is 56.5 Å². The molecule has 0 aromatic carbocycles. The van der Waals surface area contributed by atoms with E-state index in [0.717, 1.165) is 0 Å². The van der Waals surface area contributed by atoms with E-state index in [9.17, 15) is 84.3 Å². The predicted octanol–water partition coefficient (Wildman–Crippen LogP) is -0.210. The molecule has 0 aliphatic rings. The van der Waals surface area contributed by atoms with Crippen LogP contribution in [0.5, 0.6) is 0 Å². The summed E-state index contributed by atoms with van der Waals surface area (Å²) in [6.45, 7) is 2.78. The van der Waals surface area contributed by atoms with E-state index in [4.69, 9.17) is 0 Å². The van der Waals surface area contributed by atoms with Gasteiger partial charge in [0, 0.05) is 36.3 Å². The fourth-order valence-electron chi connectivity index (χ4n) is 3.40. The number of alkyl halides is 14. The molecule has 0 saturated carbocycles. The Bertz CT molecular complexity index is 1060. The van der Waals surface area contributed by atoms with Crippen molar-refractivity contribution in [2.45, 2.75) is 80.8 Å². The van der Waals surface area contributed by atoms with E-state index < -0.39 is 93.8 Å². The van der Waals surface area contributed by atoms with Crippen LogP contribution in [0.25, 0.3) is 0 Å². The molecular weight excluding hydrogens is 805 g/mol. The number of aliphatic hydroxyl groups excluding tert-OH is 1. The van der Waals surface area contributed by atoms with E-state index in [0.29, 0.717) is 28.0 Å². The van der Waals surface area contributed by atoms with Gasteiger partial charge in [-0.1, -0.05) is 0 Å². The molecule has 0 rings (SSSR count). The summed E-state index contributed by atoms with van der Waals surface area (Å²) in [7, 11) is 0.689. The fraction of sp³-hybridized carbons (Fsp3) is 0.957. The van der Waals surface area contributed by atoms with Crippen LogP contribution < -0.4 is 47.3 Å². The molecule has 0 aromatic rings. The van der Waals surface area contributed by atoms with E-state index in [1.165, 1.54) is 13.8 Å². The molecule has 26 heteroatoms. The monoisotopic (exact) mass is 840 g/mol. The van der Waals surface area contributed by atoms with Crippen molar-refractivity contribution in [3.05, 3.63) is 0 Å². The Morgan fingerprint density at radius 2 is 1.10 bits per heavy atom. The Morgan fingerprint density at radius 1 is 0.755 bits per heavy atom. The van der Waals surface area contributed by atoms with Crippen molar-refractivity contribution in [1.82, 2.24) is 5.32 Å². The molecule has 2 N–H and O–H groups in total. The maximum absolute atomic E-state index is 13.3. The Kier molecular flexibility index (Phi) is 23.7. The van der Waals surface area contributed by atoms with Crippen molar-refractivity contribution < 1.29 is 131 Å². The summed E-state index contributed by atoms with van der Waals surface area (Å²) < 4.78 is 206. The number of likely N-dealkylation sites (N-methyl/N-ethyl adjacent to an activating group) is 1. The van der Waals surface area contributed by atoms with Crippen LogP contribution in [-0.2, 0) is 14.9 Å². The molecule has 1 unspecified atom stereocenters. The van der Waals surface area contributed by atoms with Gasteiger partial charge < -0.3 is 31.9 Å². The molecule has 0 spiro atoms. The number of nitrogens with one attached hydrogen (secondary N) is 1. The number of carbonyl (C=O) groups excluding carboxylic acids is 1. The number of amides is 1. The first-order chi connectivity index (χ1) is 20.4. The minimum atomic E-state index is -6.11. The summed E-state index contributed by atoms with van der Waals surface area (Å²) in [5, 5.41) is 11.8. The molecular formula is C23H36ClF14N2NaO5S3. The molecule has 7 nitrogen and oxygen atoms in total. The van der Waals surface area contributed by atoms with Crippen LogP contribution in [0.15, 0.2) is 0 Å². The zero-order valence-corrected chi connectivity index (χ0v) is 32.1. The summed E-state index contributed by atoms with van der Waals surface area (Å²) in [4.78, 5) is 11.6. The average Bonchev–Trinajstić information content (AvgIpc) is 2.75. The largest absolute Gasteiger partial charge is 1.00 e. The maximum Gasteiger partial charge on any atom is 1.00 e. The summed E-state index contributed by atoms with van der Waals surface area (Å²) in [5.74, 6) is -3.48. The van der Waals surface area contributed by atoms with E-state index >= 15 is 0 Å². The third-order valence-corrected chi connectivity index (χ3v) is 8.71. The van der Waals surface area contributed by atoms with Crippen LogP contribution in [0, 0.1) is 0 Å². The van der Waals surface area contributed by atoms with E-state index in [1.807, 2.05) is 0 Å². The molecule has 0 saturated heterocycles. The van der Waals surface area contributed by atoms with Crippen molar-refractivity contribution in [1.29, 1.82) is 0 Å². The second-order valence-electron chi connectivity index (χ2n) is 11.8. The molecule has 49 heavy (non-hydrogen) atoms. The summed E-state index contributed by atoms with van der Waals surface area (Å²) in [6, 6.07) is 0. The predicted molar refractivity (Wildman–Crippen MR) is 146 cm³/mol. The number of carbonyl (C=O) groups is 1. The summed E-state index contributed by atoms with van der Waals surface area (Å²) in [6.07, 6.45) is -29.1. The normalized spacial score (nSPS) is 14.6. The third-order valence-electron chi connectivity index (χ3n) is 5.54. The number of rotatable bonds is 16. The van der Waals surface area contributed by atoms with Gasteiger partial charge in [0.25, 0.3) is 11.3 Å². The van der Waals surface area contributed by atoms with E-state index in [-0.39, 0.29) is 66.4 Å². The van der Waals surface area contributed by atoms with Gasteiger partial charge in [-0.2, -0.15) is 76.2 Å². The van der Waals surface area contributed by atoms with Gasteiger partial charge >= 0.3 is 54.3 Å². The number of aliphatic hydroxyl groups is 1. The number of halogens is 15. The Hall–Kier alpha value is 0.310. The van der Waals surface area contributed by atoms with Gasteiger partial charge in [-0.3, -0.25) is 4.79 Å². The summed E-state index contributed by atoms with van der Waals surface area (Å²) in [5.41, 5.74) is -11.9. The van der Waals surface area contributed by atoms with Crippen LogP contribution in [0.3, 0.4) is 0 Å². The van der Waals surface area contributed by atoms with Crippen LogP contribution in [0.4, 0.5) is 61.5 Å². The van der Waals surface area contributed by atoms with E-state index in [1.54, 1.807) is 21.1 Å². The van der Waals surface area contributed by atoms with Crippen LogP contribution in [0.1, 0.15) is 33.1 Å². The molecule has 1 amide bonds. The first kappa shape index (κ1) is 56.1. The van der Waals surface area contributed by atoms with Gasteiger partial charge in [-0.15, -0.1) is 0 Å². The summed E-state index contributed by atoms with van der Waals surface area (Å²) >= 11 is 1.16. The smallest absolute Gasteiger partial charge is 1.00 e. The number of hydrogen-bond donors (Lipinski definition) is 2. The number of thioether (sulfide) groups is 2. The molecule has 0 fully saturated rings. The molecule has 0 bridgehead atoms. The van der Waals surface area contributed by atoms with Gasteiger partial charge in [-0.05, 0) is 25.4 Å². The fourth-order valence-corrected chi connectivity index (χ4v) is 6.29. The Morgan fingerprint density at radius 3 is 1.41 bits per heavy atom. The molecule has 1 atom stereocenters. The van der Waals surface area contributed by atoms with Crippen molar-refractivity contribution in [3.8, 4) is 0 Å². The van der Waals surface area contributed by atoms with Crippen molar-refractivity contribution >= 4 is 39.5 Å². The molecule has 0 aliphatic heterocycles. The van der Waals surface area contributed by atoms with Gasteiger partial charge in [0.05, 0.1) is 37.0 Å². The van der Waals surface area contributed by atoms with Crippen LogP contribution in [0.2, 0.25) is 0 Å². The van der Waals surface area contributed by atoms with Crippen LogP contribution >= 0.6 is 23.5 Å². The second kappa shape index (κ2) is 20.7. The number of quaternary nitrogens is 1. The zero-order valence-electron chi connectivity index (χ0n) is 26.9. The average molecular weight is 841 g/mol. The topological polar surface area (TPSA) is 107 Å². The second-order valence-corrected chi connectivity index (χ2v) is 15.6. The molecule has 0 radical (unpaired) electrons. The third kappa shape index (κ3) is 21.6. The van der Waals surface area contributed by atoms with Gasteiger partial charge in [0.1, 0.15) is 12.6 Å². The first-order valence-electron chi connectivity index (χ1n) is 12.9. The SMILES string of the molecule is CC(C)(CS(=O)(=O)[O-])NC(=O)CCSCCC(F)(C(F)(F)F)C(F)(F)F.C[N+](C)(C)CC(O)CSCCC(F)(C(F)(F)F)C(F)(F)F.[Cl-].[Na+]. The Balaban J connectivity index is -0.000000405. The molecule has 0 heterocycles. The molecule has 0 aliphatic carbocycles. The van der Waals surface area contributed by atoms with Gasteiger partial charge in [0.2, 0.25) is 5.91 Å².